The quantitative estimate of drug-likeness (QED) is 0.764. The second-order valence-electron chi connectivity index (χ2n) is 9.95. The number of aliphatic hydroxyl groups excluding tert-OH is 1. The molecule has 0 aromatic heterocycles. The van der Waals surface area contributed by atoms with E-state index >= 15 is 0 Å². The molecule has 0 amide bonds. The van der Waals surface area contributed by atoms with Crippen molar-refractivity contribution in [1.82, 2.24) is 0 Å². The van der Waals surface area contributed by atoms with Crippen LogP contribution in [0, 0.1) is 34.5 Å². The van der Waals surface area contributed by atoms with Gasteiger partial charge in [0.1, 0.15) is 11.4 Å². The van der Waals surface area contributed by atoms with E-state index in [2.05, 4.69) is 13.8 Å². The Morgan fingerprint density at radius 1 is 1.08 bits per heavy atom. The number of hydrogen-bond donors (Lipinski definition) is 2. The van der Waals surface area contributed by atoms with Gasteiger partial charge in [-0.3, -0.25) is 9.59 Å². The molecule has 0 bridgehead atoms. The summed E-state index contributed by atoms with van der Waals surface area (Å²) in [5.41, 5.74) is -1.55. The normalized spacial score (nSPS) is 55.2. The van der Waals surface area contributed by atoms with E-state index in [0.29, 0.717) is 42.8 Å². The highest BCUT2D eigenvalue weighted by Gasteiger charge is 2.67. The van der Waals surface area contributed by atoms with Gasteiger partial charge in [0.15, 0.2) is 5.78 Å². The van der Waals surface area contributed by atoms with Crippen molar-refractivity contribution in [3.63, 3.8) is 0 Å². The lowest BCUT2D eigenvalue weighted by Crippen LogP contribution is -2.60. The number of carbonyl (C=O) groups is 2. The fraction of sp³-hybridized carbons (Fsp3) is 0.905. The fourth-order valence-electron chi connectivity index (χ4n) is 7.68. The molecule has 2 unspecified atom stereocenters. The molecular weight excluding hydrogens is 316 g/mol. The number of aliphatic hydroxyl groups is 2. The van der Waals surface area contributed by atoms with Crippen LogP contribution in [0.2, 0.25) is 0 Å². The minimum atomic E-state index is -1.20. The first-order valence-corrected chi connectivity index (χ1v) is 10.1. The van der Waals surface area contributed by atoms with E-state index in [1.165, 1.54) is 6.92 Å². The molecule has 0 aromatic carbocycles. The lowest BCUT2D eigenvalue weighted by Gasteiger charge is -2.61. The Morgan fingerprint density at radius 3 is 2.44 bits per heavy atom. The zero-order chi connectivity index (χ0) is 18.2. The second-order valence-corrected chi connectivity index (χ2v) is 9.95. The molecule has 2 N–H and O–H groups in total. The Balaban J connectivity index is 1.69. The first kappa shape index (κ1) is 17.7. The van der Waals surface area contributed by atoms with Gasteiger partial charge in [-0.05, 0) is 74.5 Å². The smallest absolute Gasteiger partial charge is 0.161 e. The Labute approximate surface area is 150 Å². The maximum atomic E-state index is 12.2. The Kier molecular flexibility index (Phi) is 3.81. The summed E-state index contributed by atoms with van der Waals surface area (Å²) in [5, 5.41) is 22.0. The molecule has 0 radical (unpaired) electrons. The number of ketones is 2. The largest absolute Gasteiger partial charge is 0.393 e. The molecule has 0 saturated heterocycles. The number of rotatable bonds is 1. The average molecular weight is 348 g/mol. The van der Waals surface area contributed by atoms with Gasteiger partial charge in [0.05, 0.1) is 6.10 Å². The van der Waals surface area contributed by atoms with E-state index in [9.17, 15) is 19.8 Å². The predicted octanol–water partition coefficient (Wildman–Crippen LogP) is 2.89. The summed E-state index contributed by atoms with van der Waals surface area (Å²) in [7, 11) is 0. The number of carbonyl (C=O) groups excluding carboxylic acids is 2. The lowest BCUT2D eigenvalue weighted by molar-refractivity contribution is -0.184. The molecule has 4 fully saturated rings. The number of fused-ring (bicyclic) bond motifs is 5. The molecule has 4 nitrogen and oxygen atoms in total. The van der Waals surface area contributed by atoms with Crippen molar-refractivity contribution in [3.05, 3.63) is 0 Å². The molecule has 8 atom stereocenters. The Bertz CT molecular complexity index is 615. The van der Waals surface area contributed by atoms with Gasteiger partial charge < -0.3 is 10.2 Å². The zero-order valence-electron chi connectivity index (χ0n) is 15.8. The van der Waals surface area contributed by atoms with E-state index in [1.54, 1.807) is 0 Å². The molecule has 4 aliphatic carbocycles. The molecule has 4 aliphatic rings. The van der Waals surface area contributed by atoms with Crippen LogP contribution in [0.5, 0.6) is 0 Å². The number of Topliss-reactive ketones (excluding diaryl/α,β-unsaturated/α-hetero) is 2. The molecule has 0 aliphatic heterocycles. The maximum absolute atomic E-state index is 12.2. The SMILES string of the molecule is CC(=O)[C@@]1(O)CCC2[C@@H]3C[C@H](O)[C@H]4CC(=O)CC[C@]4(C)C3CC[C@@]21C. The van der Waals surface area contributed by atoms with Gasteiger partial charge in [-0.25, -0.2) is 0 Å². The Hall–Kier alpha value is -0.740. The van der Waals surface area contributed by atoms with Crippen LogP contribution in [0.25, 0.3) is 0 Å². The van der Waals surface area contributed by atoms with Crippen LogP contribution < -0.4 is 0 Å². The van der Waals surface area contributed by atoms with Gasteiger partial charge in [0.25, 0.3) is 0 Å². The molecular formula is C21H32O4. The van der Waals surface area contributed by atoms with Crippen molar-refractivity contribution in [2.24, 2.45) is 34.5 Å². The van der Waals surface area contributed by atoms with Crippen LogP contribution in [0.15, 0.2) is 0 Å². The average Bonchev–Trinajstić information content (AvgIpc) is 2.83. The molecule has 4 saturated carbocycles. The monoisotopic (exact) mass is 348 g/mol. The molecule has 140 valence electrons. The van der Waals surface area contributed by atoms with Crippen LogP contribution in [-0.2, 0) is 9.59 Å². The van der Waals surface area contributed by atoms with Gasteiger partial charge >= 0.3 is 0 Å². The molecule has 0 heterocycles. The summed E-state index contributed by atoms with van der Waals surface area (Å²) >= 11 is 0. The third-order valence-electron chi connectivity index (χ3n) is 9.23. The predicted molar refractivity (Wildman–Crippen MR) is 93.8 cm³/mol. The molecule has 4 rings (SSSR count). The third-order valence-corrected chi connectivity index (χ3v) is 9.23. The number of hydrogen-bond acceptors (Lipinski definition) is 4. The van der Waals surface area contributed by atoms with Crippen molar-refractivity contribution >= 4 is 11.6 Å². The minimum Gasteiger partial charge on any atom is -0.393 e. The van der Waals surface area contributed by atoms with Gasteiger partial charge in [-0.15, -0.1) is 0 Å². The fourth-order valence-corrected chi connectivity index (χ4v) is 7.68. The Morgan fingerprint density at radius 2 is 1.76 bits per heavy atom. The first-order valence-electron chi connectivity index (χ1n) is 10.1. The van der Waals surface area contributed by atoms with E-state index in [4.69, 9.17) is 0 Å². The van der Waals surface area contributed by atoms with E-state index in [0.717, 1.165) is 32.1 Å². The van der Waals surface area contributed by atoms with Crippen molar-refractivity contribution in [2.75, 3.05) is 0 Å². The highest BCUT2D eigenvalue weighted by molar-refractivity contribution is 5.86. The molecule has 4 heteroatoms. The maximum Gasteiger partial charge on any atom is 0.161 e. The van der Waals surface area contributed by atoms with Crippen molar-refractivity contribution < 1.29 is 19.8 Å². The van der Waals surface area contributed by atoms with Crippen molar-refractivity contribution in [1.29, 1.82) is 0 Å². The molecule has 25 heavy (non-hydrogen) atoms. The van der Waals surface area contributed by atoms with Crippen molar-refractivity contribution in [3.8, 4) is 0 Å². The van der Waals surface area contributed by atoms with Gasteiger partial charge in [0, 0.05) is 18.3 Å². The third kappa shape index (κ3) is 2.13. The second kappa shape index (κ2) is 5.39. The lowest BCUT2D eigenvalue weighted by atomic mass is 9.43. The summed E-state index contributed by atoms with van der Waals surface area (Å²) in [5.74, 6) is 1.45. The minimum absolute atomic E-state index is 0.0223. The highest BCUT2D eigenvalue weighted by atomic mass is 16.3. The zero-order valence-corrected chi connectivity index (χ0v) is 15.8. The van der Waals surface area contributed by atoms with Crippen LogP contribution in [-0.4, -0.2) is 33.5 Å². The van der Waals surface area contributed by atoms with Crippen molar-refractivity contribution in [2.45, 2.75) is 83.8 Å². The van der Waals surface area contributed by atoms with E-state index in [1.807, 2.05) is 0 Å². The molecule has 0 spiro atoms. The highest BCUT2D eigenvalue weighted by Crippen LogP contribution is 2.68. The summed E-state index contributed by atoms with van der Waals surface area (Å²) in [4.78, 5) is 24.2. The topological polar surface area (TPSA) is 74.6 Å². The molecule has 0 aromatic rings. The summed E-state index contributed by atoms with van der Waals surface area (Å²) in [6.45, 7) is 5.92. The van der Waals surface area contributed by atoms with Gasteiger partial charge in [-0.1, -0.05) is 13.8 Å². The van der Waals surface area contributed by atoms with Crippen LogP contribution in [0.1, 0.15) is 72.1 Å². The summed E-state index contributed by atoms with van der Waals surface area (Å²) in [6, 6.07) is 0. The van der Waals surface area contributed by atoms with Gasteiger partial charge in [0.2, 0.25) is 0 Å². The first-order chi connectivity index (χ1) is 11.6. The standard InChI is InChI=1S/C21H32O4/c1-12(22)21(25)9-6-16-14-11-18(24)17-10-13(23)4-7-19(17,2)15(14)5-8-20(16,21)3/h14-18,24-25H,4-11H2,1-3H3/t14-,15?,16?,17-,18+,19-,20+,21+/m1/s1. The van der Waals surface area contributed by atoms with Crippen LogP contribution in [0.4, 0.5) is 0 Å². The summed E-state index contributed by atoms with van der Waals surface area (Å²) in [6.07, 6.45) is 5.66. The van der Waals surface area contributed by atoms with Crippen LogP contribution in [0.3, 0.4) is 0 Å². The van der Waals surface area contributed by atoms with Gasteiger partial charge in [-0.2, -0.15) is 0 Å². The van der Waals surface area contributed by atoms with E-state index < -0.39 is 11.7 Å². The van der Waals surface area contributed by atoms with E-state index in [-0.39, 0.29) is 22.5 Å². The summed E-state index contributed by atoms with van der Waals surface area (Å²) < 4.78 is 0. The van der Waals surface area contributed by atoms with Crippen LogP contribution >= 0.6 is 0 Å².